The van der Waals surface area contributed by atoms with Gasteiger partial charge in [-0.2, -0.15) is 0 Å². The molecule has 0 saturated heterocycles. The summed E-state index contributed by atoms with van der Waals surface area (Å²) in [6.07, 6.45) is 0. The van der Waals surface area contributed by atoms with E-state index in [0.717, 1.165) is 34.9 Å². The van der Waals surface area contributed by atoms with E-state index in [4.69, 9.17) is 5.73 Å². The Morgan fingerprint density at radius 3 is 2.88 bits per heavy atom. The number of hydrogen-bond acceptors (Lipinski definition) is 8. The molecule has 5 N–H and O–H groups in total. The molecule has 0 atom stereocenters. The van der Waals surface area contributed by atoms with Crippen LogP contribution in [0.25, 0.3) is 10.2 Å². The number of rotatable bonds is 5. The molecular weight excluding hydrogens is 384 g/mol. The summed E-state index contributed by atoms with van der Waals surface area (Å²) in [5.74, 6) is -1.24. The van der Waals surface area contributed by atoms with E-state index in [2.05, 4.69) is 15.3 Å². The number of amides is 2. The summed E-state index contributed by atoms with van der Waals surface area (Å²) >= 11 is 3.51. The average molecular weight is 396 g/mol. The number of nitrogens with two attached hydrogens (primary N) is 1. The zero-order valence-corrected chi connectivity index (χ0v) is 15.2. The maximum absolute atomic E-state index is 12.0. The molecule has 3 rings (SSSR count). The van der Waals surface area contributed by atoms with Crippen molar-refractivity contribution in [1.82, 2.24) is 9.97 Å². The molecule has 25 heavy (non-hydrogen) atoms. The fourth-order valence-electron chi connectivity index (χ4n) is 2.08. The van der Waals surface area contributed by atoms with Crippen molar-refractivity contribution >= 4 is 61.6 Å². The zero-order valence-electron chi connectivity index (χ0n) is 12.8. The van der Waals surface area contributed by atoms with Crippen molar-refractivity contribution < 1.29 is 14.7 Å². The highest BCUT2D eigenvalue weighted by Gasteiger charge is 2.21. The van der Waals surface area contributed by atoms with Gasteiger partial charge in [-0.25, -0.2) is 4.98 Å². The Bertz CT molecular complexity index is 1040. The minimum absolute atomic E-state index is 0.0245. The van der Waals surface area contributed by atoms with Crippen LogP contribution in [0.15, 0.2) is 20.5 Å². The van der Waals surface area contributed by atoms with Crippen LogP contribution in [-0.2, 0) is 4.79 Å². The smallest absolute Gasteiger partial charge is 0.252 e. The number of anilines is 1. The van der Waals surface area contributed by atoms with E-state index >= 15 is 0 Å². The third-order valence-corrected chi connectivity index (χ3v) is 6.43. The highest BCUT2D eigenvalue weighted by molar-refractivity contribution is 8.02. The maximum Gasteiger partial charge on any atom is 0.252 e. The molecule has 0 radical (unpaired) electrons. The molecule has 3 heterocycles. The second-order valence-corrected chi connectivity index (χ2v) is 8.11. The van der Waals surface area contributed by atoms with E-state index in [0.29, 0.717) is 14.0 Å². The number of hydrogen-bond donors (Lipinski definition) is 4. The summed E-state index contributed by atoms with van der Waals surface area (Å²) in [6.45, 7) is 1.82. The predicted molar refractivity (Wildman–Crippen MR) is 98.8 cm³/mol. The molecule has 8 nitrogen and oxygen atoms in total. The van der Waals surface area contributed by atoms with Gasteiger partial charge in [-0.1, -0.05) is 0 Å². The van der Waals surface area contributed by atoms with Gasteiger partial charge >= 0.3 is 0 Å². The van der Waals surface area contributed by atoms with Gasteiger partial charge in [-0.05, 0) is 6.92 Å². The number of aromatic hydroxyl groups is 1. The van der Waals surface area contributed by atoms with Gasteiger partial charge < -0.3 is 21.1 Å². The van der Waals surface area contributed by atoms with E-state index < -0.39 is 11.5 Å². The fourth-order valence-corrected chi connectivity index (χ4v) is 5.04. The summed E-state index contributed by atoms with van der Waals surface area (Å²) < 4.78 is 0.789. The van der Waals surface area contributed by atoms with E-state index in [9.17, 15) is 19.5 Å². The highest BCUT2D eigenvalue weighted by atomic mass is 32.2. The summed E-state index contributed by atoms with van der Waals surface area (Å²) in [7, 11) is 0. The summed E-state index contributed by atoms with van der Waals surface area (Å²) in [5.41, 5.74) is 5.94. The van der Waals surface area contributed by atoms with Crippen molar-refractivity contribution in [1.29, 1.82) is 0 Å². The van der Waals surface area contributed by atoms with E-state index in [-0.39, 0.29) is 28.5 Å². The van der Waals surface area contributed by atoms with Crippen LogP contribution < -0.4 is 16.6 Å². The number of aromatic nitrogens is 2. The number of thiophene rings is 1. The normalized spacial score (nSPS) is 10.9. The number of thiazole rings is 1. The van der Waals surface area contributed by atoms with Crippen LogP contribution in [0.2, 0.25) is 0 Å². The molecule has 0 aliphatic carbocycles. The zero-order chi connectivity index (χ0) is 18.1. The number of fused-ring (bicyclic) bond motifs is 1. The van der Waals surface area contributed by atoms with Crippen LogP contribution in [0.5, 0.6) is 5.75 Å². The second kappa shape index (κ2) is 6.86. The molecule has 0 bridgehead atoms. The Kier molecular flexibility index (Phi) is 4.79. The van der Waals surface area contributed by atoms with Crippen LogP contribution in [0.3, 0.4) is 0 Å². The van der Waals surface area contributed by atoms with Gasteiger partial charge in [-0.3, -0.25) is 14.4 Å². The molecular formula is C14H12N4O4S3. The lowest BCUT2D eigenvalue weighted by atomic mass is 10.2. The van der Waals surface area contributed by atoms with E-state index in [1.54, 1.807) is 0 Å². The number of aromatic amines is 1. The van der Waals surface area contributed by atoms with Gasteiger partial charge in [-0.15, -0.1) is 34.4 Å². The first-order chi connectivity index (χ1) is 11.8. The lowest BCUT2D eigenvalue weighted by molar-refractivity contribution is -0.113. The fraction of sp³-hybridized carbons (Fsp3) is 0.143. The number of carbonyl (C=O) groups excluding carboxylic acids is 2. The van der Waals surface area contributed by atoms with Crippen molar-refractivity contribution in [2.75, 3.05) is 11.1 Å². The van der Waals surface area contributed by atoms with Gasteiger partial charge in [0.2, 0.25) is 5.91 Å². The van der Waals surface area contributed by atoms with Gasteiger partial charge in [0.15, 0.2) is 5.13 Å². The summed E-state index contributed by atoms with van der Waals surface area (Å²) in [4.78, 5) is 42.0. The van der Waals surface area contributed by atoms with E-state index in [1.807, 2.05) is 12.3 Å². The van der Waals surface area contributed by atoms with Gasteiger partial charge in [0, 0.05) is 11.4 Å². The molecule has 0 aliphatic heterocycles. The van der Waals surface area contributed by atoms with Crippen LogP contribution in [0.4, 0.5) is 5.13 Å². The van der Waals surface area contributed by atoms with Crippen molar-refractivity contribution in [3.8, 4) is 5.75 Å². The van der Waals surface area contributed by atoms with Crippen LogP contribution >= 0.6 is 34.4 Å². The van der Waals surface area contributed by atoms with Crippen molar-refractivity contribution in [3.63, 3.8) is 0 Å². The van der Waals surface area contributed by atoms with E-state index in [1.165, 1.54) is 11.3 Å². The molecule has 0 aliphatic rings. The van der Waals surface area contributed by atoms with Gasteiger partial charge in [0.1, 0.15) is 5.75 Å². The topological polar surface area (TPSA) is 138 Å². The number of primary amides is 1. The number of pyridine rings is 1. The SMILES string of the molecule is Cc1csc(NC(=O)CSc2sc3c(O)cc(=O)[nH]c3c2C(N)=O)n1. The van der Waals surface area contributed by atoms with Gasteiger partial charge in [0.05, 0.1) is 31.4 Å². The molecule has 3 aromatic heterocycles. The van der Waals surface area contributed by atoms with Crippen LogP contribution in [0.1, 0.15) is 16.1 Å². The molecule has 0 fully saturated rings. The first-order valence-electron chi connectivity index (χ1n) is 6.88. The molecule has 0 aromatic carbocycles. The Hall–Kier alpha value is -2.37. The maximum atomic E-state index is 12.0. The Morgan fingerprint density at radius 1 is 1.48 bits per heavy atom. The monoisotopic (exact) mass is 396 g/mol. The summed E-state index contributed by atoms with van der Waals surface area (Å²) in [6, 6.07) is 1.02. The summed E-state index contributed by atoms with van der Waals surface area (Å²) in [5, 5.41) is 14.9. The van der Waals surface area contributed by atoms with Crippen LogP contribution in [0, 0.1) is 6.92 Å². The average Bonchev–Trinajstić information content (AvgIpc) is 3.08. The van der Waals surface area contributed by atoms with Crippen molar-refractivity contribution in [3.05, 3.63) is 33.1 Å². The van der Waals surface area contributed by atoms with Crippen molar-refractivity contribution in [2.45, 2.75) is 11.1 Å². The molecule has 11 heteroatoms. The Balaban J connectivity index is 1.84. The number of H-pyrrole nitrogens is 1. The molecule has 0 spiro atoms. The van der Waals surface area contributed by atoms with Crippen molar-refractivity contribution in [2.24, 2.45) is 5.73 Å². The minimum atomic E-state index is -0.744. The quantitative estimate of drug-likeness (QED) is 0.486. The third kappa shape index (κ3) is 3.67. The standard InChI is InChI=1S/C14H12N4O4S3/c1-5-3-24-14(16-5)18-8(21)4-23-13-9(12(15)22)10-11(25-13)6(19)2-7(20)17-10/h2-3H,4H2,1H3,(H2,15,22)(H,16,18,21)(H2,17,19,20). The molecule has 0 unspecified atom stereocenters. The van der Waals surface area contributed by atoms with Crippen LogP contribution in [-0.4, -0.2) is 32.6 Å². The Morgan fingerprint density at radius 2 is 2.24 bits per heavy atom. The Labute approximate surface area is 153 Å². The molecule has 3 aromatic rings. The molecule has 0 saturated carbocycles. The highest BCUT2D eigenvalue weighted by Crippen LogP contribution is 2.40. The number of thioether (sulfide) groups is 1. The number of aryl methyl sites for hydroxylation is 1. The second-order valence-electron chi connectivity index (χ2n) is 4.98. The first-order valence-corrected chi connectivity index (χ1v) is 9.56. The molecule has 2 amide bonds. The lowest BCUT2D eigenvalue weighted by Crippen LogP contribution is -2.15. The largest absolute Gasteiger partial charge is 0.506 e. The molecule has 130 valence electrons. The first kappa shape index (κ1) is 17.5. The predicted octanol–water partition coefficient (Wildman–Crippen LogP) is 1.89. The minimum Gasteiger partial charge on any atom is -0.506 e. The number of nitrogens with zero attached hydrogens (tertiary/aromatic N) is 1. The third-order valence-electron chi connectivity index (χ3n) is 3.07. The lowest BCUT2D eigenvalue weighted by Gasteiger charge is -2.02. The number of carbonyl (C=O) groups is 2. The number of nitrogens with one attached hydrogen (secondary N) is 2. The van der Waals surface area contributed by atoms with Gasteiger partial charge in [0.25, 0.3) is 11.5 Å².